The van der Waals surface area contributed by atoms with Crippen molar-refractivity contribution in [3.8, 4) is 11.4 Å². The average Bonchev–Trinajstić information content (AvgIpc) is 3.06. The van der Waals surface area contributed by atoms with Crippen LogP contribution in [0.2, 0.25) is 0 Å². The molecule has 0 aliphatic rings. The van der Waals surface area contributed by atoms with Crippen LogP contribution in [0.4, 0.5) is 19.0 Å². The number of nitrogens with one attached hydrogen (secondary N) is 1. The zero-order valence-corrected chi connectivity index (χ0v) is 18.0. The monoisotopic (exact) mass is 481 g/mol. The summed E-state index contributed by atoms with van der Waals surface area (Å²) in [6.45, 7) is 6.02. The van der Waals surface area contributed by atoms with Crippen LogP contribution >= 0.6 is 15.9 Å². The molecule has 0 aliphatic heterocycles. The first-order valence-corrected chi connectivity index (χ1v) is 9.75. The summed E-state index contributed by atoms with van der Waals surface area (Å²) in [4.78, 5) is 12.7. The van der Waals surface area contributed by atoms with E-state index in [2.05, 4.69) is 31.1 Å². The van der Waals surface area contributed by atoms with Crippen LogP contribution in [0.15, 0.2) is 59.1 Å². The highest BCUT2D eigenvalue weighted by molar-refractivity contribution is 9.10. The predicted octanol–water partition coefficient (Wildman–Crippen LogP) is 6.08. The lowest BCUT2D eigenvalue weighted by Crippen LogP contribution is -2.18. The highest BCUT2D eigenvalue weighted by Gasteiger charge is 2.31. The maximum atomic E-state index is 12.7. The predicted molar refractivity (Wildman–Crippen MR) is 111 cm³/mol. The van der Waals surface area contributed by atoms with Gasteiger partial charge in [0.05, 0.1) is 11.4 Å². The minimum Gasteiger partial charge on any atom is -0.406 e. The lowest BCUT2D eigenvalue weighted by atomic mass is 9.92. The van der Waals surface area contributed by atoms with Gasteiger partial charge in [-0.2, -0.15) is 5.10 Å². The molecule has 1 amide bonds. The standard InChI is InChI=1S/C21H19BrF3N3O2/c1-20(2,3)17-12-18(28(27-17)15-8-6-14(22)7-9-15)26-19(29)13-4-10-16(11-5-13)30-21(23,24)25/h4-12H,1-3H3,(H,26,29). The molecule has 1 heterocycles. The quantitative estimate of drug-likeness (QED) is 0.490. The normalized spacial score (nSPS) is 12.0. The zero-order chi connectivity index (χ0) is 22.1. The number of carbonyl (C=O) groups excluding carboxylic acids is 1. The number of nitrogens with zero attached hydrogens (tertiary/aromatic N) is 2. The minimum atomic E-state index is -4.79. The molecule has 30 heavy (non-hydrogen) atoms. The van der Waals surface area contributed by atoms with E-state index in [4.69, 9.17) is 0 Å². The summed E-state index contributed by atoms with van der Waals surface area (Å²) in [5.41, 5.74) is 1.45. The van der Waals surface area contributed by atoms with Gasteiger partial charge in [-0.25, -0.2) is 4.68 Å². The molecule has 0 aliphatic carbocycles. The highest BCUT2D eigenvalue weighted by Crippen LogP contribution is 2.28. The van der Waals surface area contributed by atoms with Crippen molar-refractivity contribution >= 4 is 27.7 Å². The van der Waals surface area contributed by atoms with Crippen molar-refractivity contribution in [2.24, 2.45) is 0 Å². The molecule has 0 radical (unpaired) electrons. The van der Waals surface area contributed by atoms with Crippen LogP contribution in [-0.2, 0) is 5.41 Å². The van der Waals surface area contributed by atoms with E-state index in [0.717, 1.165) is 28.0 Å². The fourth-order valence-corrected chi connectivity index (χ4v) is 2.88. The first-order valence-electron chi connectivity index (χ1n) is 8.96. The van der Waals surface area contributed by atoms with Gasteiger partial charge in [0, 0.05) is 21.5 Å². The Morgan fingerprint density at radius 2 is 1.63 bits per heavy atom. The van der Waals surface area contributed by atoms with Crippen molar-refractivity contribution < 1.29 is 22.7 Å². The van der Waals surface area contributed by atoms with Gasteiger partial charge in [0.2, 0.25) is 0 Å². The van der Waals surface area contributed by atoms with Gasteiger partial charge >= 0.3 is 6.36 Å². The van der Waals surface area contributed by atoms with Crippen LogP contribution in [0, 0.1) is 0 Å². The van der Waals surface area contributed by atoms with Crippen molar-refractivity contribution in [2.75, 3.05) is 5.32 Å². The maximum Gasteiger partial charge on any atom is 0.573 e. The smallest absolute Gasteiger partial charge is 0.406 e. The van der Waals surface area contributed by atoms with Crippen LogP contribution in [0.1, 0.15) is 36.8 Å². The van der Waals surface area contributed by atoms with E-state index in [9.17, 15) is 18.0 Å². The molecule has 0 saturated heterocycles. The number of hydrogen-bond donors (Lipinski definition) is 1. The van der Waals surface area contributed by atoms with E-state index in [-0.39, 0.29) is 11.0 Å². The zero-order valence-electron chi connectivity index (χ0n) is 16.4. The fourth-order valence-electron chi connectivity index (χ4n) is 2.61. The molecule has 3 rings (SSSR count). The first-order chi connectivity index (χ1) is 13.9. The van der Waals surface area contributed by atoms with E-state index >= 15 is 0 Å². The molecule has 9 heteroatoms. The Morgan fingerprint density at radius 3 is 2.17 bits per heavy atom. The third kappa shape index (κ3) is 5.41. The number of hydrogen-bond acceptors (Lipinski definition) is 3. The molecule has 0 atom stereocenters. The van der Waals surface area contributed by atoms with Crippen molar-refractivity contribution in [1.82, 2.24) is 9.78 Å². The SMILES string of the molecule is CC(C)(C)c1cc(NC(=O)c2ccc(OC(F)(F)F)cc2)n(-c2ccc(Br)cc2)n1. The lowest BCUT2D eigenvalue weighted by molar-refractivity contribution is -0.274. The van der Waals surface area contributed by atoms with E-state index < -0.39 is 18.0 Å². The van der Waals surface area contributed by atoms with E-state index in [1.54, 1.807) is 10.7 Å². The molecule has 1 aromatic heterocycles. The molecular formula is C21H19BrF3N3O2. The van der Waals surface area contributed by atoms with Gasteiger partial charge in [0.25, 0.3) is 5.91 Å². The number of alkyl halides is 3. The number of halogens is 4. The van der Waals surface area contributed by atoms with Gasteiger partial charge in [0.1, 0.15) is 11.6 Å². The van der Waals surface area contributed by atoms with Gasteiger partial charge in [-0.05, 0) is 48.5 Å². The van der Waals surface area contributed by atoms with Gasteiger partial charge in [-0.1, -0.05) is 36.7 Å². The summed E-state index contributed by atoms with van der Waals surface area (Å²) in [6, 6.07) is 13.9. The summed E-state index contributed by atoms with van der Waals surface area (Å²) in [6.07, 6.45) is -4.79. The van der Waals surface area contributed by atoms with E-state index in [1.165, 1.54) is 12.1 Å². The van der Waals surface area contributed by atoms with Gasteiger partial charge < -0.3 is 10.1 Å². The van der Waals surface area contributed by atoms with Gasteiger partial charge in [0.15, 0.2) is 0 Å². The van der Waals surface area contributed by atoms with Crippen LogP contribution in [0.5, 0.6) is 5.75 Å². The number of benzene rings is 2. The maximum absolute atomic E-state index is 12.7. The third-order valence-corrected chi connectivity index (χ3v) is 4.67. The molecule has 158 valence electrons. The second kappa shape index (κ2) is 8.14. The Hall–Kier alpha value is -2.81. The number of aromatic nitrogens is 2. The Morgan fingerprint density at radius 1 is 1.03 bits per heavy atom. The Kier molecular flexibility index (Phi) is 5.94. The van der Waals surface area contributed by atoms with Crippen molar-refractivity contribution in [2.45, 2.75) is 32.5 Å². The minimum absolute atomic E-state index is 0.186. The first kappa shape index (κ1) is 21.9. The summed E-state index contributed by atoms with van der Waals surface area (Å²) >= 11 is 3.39. The molecular weight excluding hydrogens is 463 g/mol. The molecule has 2 aromatic carbocycles. The molecule has 3 aromatic rings. The third-order valence-electron chi connectivity index (χ3n) is 4.14. The van der Waals surface area contributed by atoms with Crippen molar-refractivity contribution in [3.63, 3.8) is 0 Å². The van der Waals surface area contributed by atoms with Crippen LogP contribution in [0.25, 0.3) is 5.69 Å². The highest BCUT2D eigenvalue weighted by atomic mass is 79.9. The number of rotatable bonds is 4. The molecule has 0 fully saturated rings. The summed E-state index contributed by atoms with van der Waals surface area (Å²) in [7, 11) is 0. The Balaban J connectivity index is 1.88. The summed E-state index contributed by atoms with van der Waals surface area (Å²) in [5.74, 6) is -0.427. The second-order valence-corrected chi connectivity index (χ2v) is 8.50. The molecule has 0 unspecified atom stereocenters. The van der Waals surface area contributed by atoms with Crippen molar-refractivity contribution in [3.05, 3.63) is 70.3 Å². The van der Waals surface area contributed by atoms with Gasteiger partial charge in [-0.3, -0.25) is 4.79 Å². The Bertz CT molecular complexity index is 1040. The van der Waals surface area contributed by atoms with Crippen LogP contribution < -0.4 is 10.1 Å². The average molecular weight is 482 g/mol. The van der Waals surface area contributed by atoms with Crippen LogP contribution in [0.3, 0.4) is 0 Å². The second-order valence-electron chi connectivity index (χ2n) is 7.58. The van der Waals surface area contributed by atoms with E-state index in [0.29, 0.717) is 5.82 Å². The number of amides is 1. The number of ether oxygens (including phenoxy) is 1. The number of anilines is 1. The lowest BCUT2D eigenvalue weighted by Gasteiger charge is -2.14. The van der Waals surface area contributed by atoms with E-state index in [1.807, 2.05) is 45.0 Å². The molecule has 5 nitrogen and oxygen atoms in total. The molecule has 0 spiro atoms. The van der Waals surface area contributed by atoms with Crippen LogP contribution in [-0.4, -0.2) is 22.1 Å². The summed E-state index contributed by atoms with van der Waals surface area (Å²) in [5, 5.41) is 7.41. The van der Waals surface area contributed by atoms with Gasteiger partial charge in [-0.15, -0.1) is 13.2 Å². The molecule has 1 N–H and O–H groups in total. The van der Waals surface area contributed by atoms with Crippen molar-refractivity contribution in [1.29, 1.82) is 0 Å². The Labute approximate surface area is 180 Å². The molecule has 0 bridgehead atoms. The molecule has 0 saturated carbocycles. The largest absolute Gasteiger partial charge is 0.573 e. The fraction of sp³-hybridized carbons (Fsp3) is 0.238. The topological polar surface area (TPSA) is 56.1 Å². The summed E-state index contributed by atoms with van der Waals surface area (Å²) < 4.78 is 43.3. The number of carbonyl (C=O) groups is 1.